The Morgan fingerprint density at radius 2 is 1.94 bits per heavy atom. The van der Waals surface area contributed by atoms with Gasteiger partial charge in [-0.05, 0) is 23.9 Å². The van der Waals surface area contributed by atoms with Crippen molar-refractivity contribution in [1.29, 1.82) is 0 Å². The zero-order valence-corrected chi connectivity index (χ0v) is 13.2. The summed E-state index contributed by atoms with van der Waals surface area (Å²) in [7, 11) is 0. The molecule has 0 aliphatic carbocycles. The molecule has 0 radical (unpaired) electrons. The summed E-state index contributed by atoms with van der Waals surface area (Å²) in [5.41, 5.74) is 0.0641. The molecule has 1 rings (SSSR count). The first-order valence-electron chi connectivity index (χ1n) is 5.76. The van der Waals surface area contributed by atoms with Gasteiger partial charge in [-0.25, -0.2) is 4.98 Å². The standard InChI is InChI=1S/C12H21BrN2S/c1-8(2)6-9(13)7-10-14-11(15-16-10)12(3,4)5/h8-9H,6-7H2,1-5H3. The van der Waals surface area contributed by atoms with Crippen LogP contribution >= 0.6 is 27.5 Å². The van der Waals surface area contributed by atoms with E-state index in [9.17, 15) is 0 Å². The van der Waals surface area contributed by atoms with E-state index in [4.69, 9.17) is 0 Å². The van der Waals surface area contributed by atoms with Gasteiger partial charge in [0.05, 0.1) is 0 Å². The fourth-order valence-corrected chi connectivity index (χ4v) is 3.60. The van der Waals surface area contributed by atoms with Crippen molar-refractivity contribution in [3.63, 3.8) is 0 Å². The van der Waals surface area contributed by atoms with Gasteiger partial charge in [0.2, 0.25) is 0 Å². The van der Waals surface area contributed by atoms with Crippen LogP contribution in [0.15, 0.2) is 0 Å². The molecule has 1 unspecified atom stereocenters. The minimum absolute atomic E-state index is 0.0641. The maximum Gasteiger partial charge on any atom is 0.147 e. The summed E-state index contributed by atoms with van der Waals surface area (Å²) in [5, 5.41) is 1.15. The van der Waals surface area contributed by atoms with Crippen molar-refractivity contribution in [3.8, 4) is 0 Å². The van der Waals surface area contributed by atoms with E-state index in [1.165, 1.54) is 6.42 Å². The summed E-state index contributed by atoms with van der Waals surface area (Å²) in [6.45, 7) is 10.9. The molecule has 0 aliphatic rings. The van der Waals surface area contributed by atoms with Crippen LogP contribution in [0.25, 0.3) is 0 Å². The molecule has 0 saturated heterocycles. The minimum atomic E-state index is 0.0641. The Kier molecular flexibility index (Phi) is 4.92. The van der Waals surface area contributed by atoms with Crippen LogP contribution in [0.1, 0.15) is 51.9 Å². The highest BCUT2D eigenvalue weighted by molar-refractivity contribution is 9.09. The summed E-state index contributed by atoms with van der Waals surface area (Å²) >= 11 is 5.25. The van der Waals surface area contributed by atoms with E-state index in [-0.39, 0.29) is 5.41 Å². The van der Waals surface area contributed by atoms with Gasteiger partial charge in [-0.15, -0.1) is 0 Å². The van der Waals surface area contributed by atoms with Gasteiger partial charge < -0.3 is 0 Å². The molecular weight excluding hydrogens is 284 g/mol. The van der Waals surface area contributed by atoms with Crippen LogP contribution in [-0.2, 0) is 11.8 Å². The largest absolute Gasteiger partial charge is 0.224 e. The van der Waals surface area contributed by atoms with Crippen molar-refractivity contribution < 1.29 is 0 Å². The maximum absolute atomic E-state index is 4.61. The molecule has 92 valence electrons. The lowest BCUT2D eigenvalue weighted by Crippen LogP contribution is -2.13. The first-order valence-corrected chi connectivity index (χ1v) is 7.45. The number of hydrogen-bond donors (Lipinski definition) is 0. The lowest BCUT2D eigenvalue weighted by atomic mass is 9.96. The fraction of sp³-hybridized carbons (Fsp3) is 0.833. The van der Waals surface area contributed by atoms with Gasteiger partial charge in [-0.1, -0.05) is 50.5 Å². The molecule has 0 aromatic carbocycles. The molecule has 1 aromatic rings. The molecule has 0 aliphatic heterocycles. The summed E-state index contributed by atoms with van der Waals surface area (Å²) < 4.78 is 4.43. The van der Waals surface area contributed by atoms with Gasteiger partial charge in [0, 0.05) is 16.7 Å². The molecule has 1 aromatic heterocycles. The Labute approximate surface area is 111 Å². The summed E-state index contributed by atoms with van der Waals surface area (Å²) in [6, 6.07) is 0. The normalized spacial score (nSPS) is 14.4. The number of alkyl halides is 1. The van der Waals surface area contributed by atoms with Crippen molar-refractivity contribution in [1.82, 2.24) is 9.36 Å². The monoisotopic (exact) mass is 304 g/mol. The Morgan fingerprint density at radius 3 is 2.38 bits per heavy atom. The van der Waals surface area contributed by atoms with E-state index in [1.807, 2.05) is 0 Å². The Hall–Kier alpha value is 0.0400. The predicted molar refractivity (Wildman–Crippen MR) is 74.5 cm³/mol. The van der Waals surface area contributed by atoms with E-state index in [0.29, 0.717) is 4.83 Å². The number of rotatable bonds is 4. The number of hydrogen-bond acceptors (Lipinski definition) is 3. The van der Waals surface area contributed by atoms with Crippen molar-refractivity contribution >= 4 is 27.5 Å². The topological polar surface area (TPSA) is 25.8 Å². The fourth-order valence-electron chi connectivity index (χ4n) is 1.43. The van der Waals surface area contributed by atoms with Gasteiger partial charge >= 0.3 is 0 Å². The van der Waals surface area contributed by atoms with Crippen LogP contribution in [0.3, 0.4) is 0 Å². The predicted octanol–water partition coefficient (Wildman–Crippen LogP) is 4.19. The van der Waals surface area contributed by atoms with E-state index >= 15 is 0 Å². The summed E-state index contributed by atoms with van der Waals surface area (Å²) in [5.74, 6) is 1.69. The zero-order valence-electron chi connectivity index (χ0n) is 10.7. The third-order valence-electron chi connectivity index (χ3n) is 2.26. The minimum Gasteiger partial charge on any atom is -0.224 e. The highest BCUT2D eigenvalue weighted by Gasteiger charge is 2.20. The van der Waals surface area contributed by atoms with Gasteiger partial charge in [0.1, 0.15) is 10.8 Å². The van der Waals surface area contributed by atoms with E-state index in [2.05, 4.69) is 59.9 Å². The second-order valence-electron chi connectivity index (χ2n) is 5.69. The highest BCUT2D eigenvalue weighted by atomic mass is 79.9. The second kappa shape index (κ2) is 5.58. The number of aromatic nitrogens is 2. The maximum atomic E-state index is 4.61. The van der Waals surface area contributed by atoms with E-state index in [0.717, 1.165) is 23.2 Å². The molecule has 1 atom stereocenters. The van der Waals surface area contributed by atoms with Crippen LogP contribution in [0.4, 0.5) is 0 Å². The van der Waals surface area contributed by atoms with E-state index in [1.54, 1.807) is 11.5 Å². The number of halogens is 1. The van der Waals surface area contributed by atoms with Crippen LogP contribution in [0.5, 0.6) is 0 Å². The van der Waals surface area contributed by atoms with Crippen molar-refractivity contribution in [2.24, 2.45) is 5.92 Å². The molecule has 0 amide bonds. The van der Waals surface area contributed by atoms with Crippen LogP contribution < -0.4 is 0 Å². The number of nitrogens with zero attached hydrogens (tertiary/aromatic N) is 2. The lowest BCUT2D eigenvalue weighted by Gasteiger charge is -2.12. The second-order valence-corrected chi connectivity index (χ2v) is 7.82. The highest BCUT2D eigenvalue weighted by Crippen LogP contribution is 2.23. The van der Waals surface area contributed by atoms with Crippen LogP contribution in [-0.4, -0.2) is 14.2 Å². The van der Waals surface area contributed by atoms with Gasteiger partial charge in [-0.2, -0.15) is 4.37 Å². The molecule has 1 heterocycles. The molecule has 0 N–H and O–H groups in total. The molecule has 2 nitrogen and oxygen atoms in total. The smallest absolute Gasteiger partial charge is 0.147 e. The van der Waals surface area contributed by atoms with Crippen LogP contribution in [0.2, 0.25) is 0 Å². The Morgan fingerprint density at radius 1 is 1.31 bits per heavy atom. The molecular formula is C12H21BrN2S. The van der Waals surface area contributed by atoms with Gasteiger partial charge in [0.15, 0.2) is 0 Å². The quantitative estimate of drug-likeness (QED) is 0.780. The molecule has 0 bridgehead atoms. The van der Waals surface area contributed by atoms with Gasteiger partial charge in [-0.3, -0.25) is 0 Å². The zero-order chi connectivity index (χ0) is 12.3. The van der Waals surface area contributed by atoms with Gasteiger partial charge in [0.25, 0.3) is 0 Å². The average Bonchev–Trinajstić information content (AvgIpc) is 2.49. The first kappa shape index (κ1) is 14.1. The van der Waals surface area contributed by atoms with Crippen molar-refractivity contribution in [3.05, 3.63) is 10.8 Å². The van der Waals surface area contributed by atoms with Crippen molar-refractivity contribution in [2.75, 3.05) is 0 Å². The third kappa shape index (κ3) is 4.50. The lowest BCUT2D eigenvalue weighted by molar-refractivity contribution is 0.548. The van der Waals surface area contributed by atoms with E-state index < -0.39 is 0 Å². The molecule has 0 fully saturated rings. The Balaban J connectivity index is 2.59. The summed E-state index contributed by atoms with van der Waals surface area (Å²) in [6.07, 6.45) is 2.18. The summed E-state index contributed by atoms with van der Waals surface area (Å²) in [4.78, 5) is 5.13. The van der Waals surface area contributed by atoms with Crippen LogP contribution in [0, 0.1) is 5.92 Å². The first-order chi connectivity index (χ1) is 7.29. The average molecular weight is 305 g/mol. The SMILES string of the molecule is CC(C)CC(Br)Cc1nc(C(C)(C)C)ns1. The molecule has 0 spiro atoms. The third-order valence-corrected chi connectivity index (χ3v) is 3.69. The molecule has 16 heavy (non-hydrogen) atoms. The Bertz CT molecular complexity index is 328. The molecule has 0 saturated carbocycles. The molecule has 4 heteroatoms. The van der Waals surface area contributed by atoms with Crippen molar-refractivity contribution in [2.45, 2.75) is 57.7 Å².